The Labute approximate surface area is 452 Å². The van der Waals surface area contributed by atoms with Gasteiger partial charge in [0.05, 0.1) is 43.1 Å². The van der Waals surface area contributed by atoms with Crippen LogP contribution in [0.25, 0.3) is 0 Å². The Morgan fingerprint density at radius 2 is 0.756 bits per heavy atom. The molecule has 0 aromatic heterocycles. The van der Waals surface area contributed by atoms with E-state index in [0.29, 0.717) is 5.69 Å². The number of anilines is 1. The highest BCUT2D eigenvalue weighted by Gasteiger charge is 2.55. The van der Waals surface area contributed by atoms with Gasteiger partial charge in [0.25, 0.3) is 0 Å². The number of rotatable bonds is 22. The van der Waals surface area contributed by atoms with E-state index in [1.165, 1.54) is 7.11 Å². The largest absolute Gasteiger partial charge is 0.452 e. The van der Waals surface area contributed by atoms with Crippen LogP contribution in [0.1, 0.15) is 47.8 Å². The van der Waals surface area contributed by atoms with Crippen molar-refractivity contribution < 1.29 is 71.3 Å². The molecule has 7 aromatic rings. The first kappa shape index (κ1) is 54.7. The third-order valence-corrected chi connectivity index (χ3v) is 12.9. The third-order valence-electron chi connectivity index (χ3n) is 12.9. The fraction of sp³-hybridized carbons (Fsp3) is 0.258. The molecule has 0 saturated carbocycles. The Balaban J connectivity index is 1.08. The van der Waals surface area contributed by atoms with Crippen LogP contribution in [0.5, 0.6) is 0 Å². The lowest BCUT2D eigenvalue weighted by molar-refractivity contribution is -0.341. The lowest BCUT2D eigenvalue weighted by Crippen LogP contribution is -2.64. The van der Waals surface area contributed by atoms with Crippen molar-refractivity contribution in [1.82, 2.24) is 0 Å². The van der Waals surface area contributed by atoms with Crippen molar-refractivity contribution >= 4 is 29.7 Å². The van der Waals surface area contributed by atoms with Crippen molar-refractivity contribution in [2.45, 2.75) is 81.2 Å². The number of carbonyl (C=O) groups excluding carboxylic acids is 4. The Bertz CT molecular complexity index is 2940. The highest BCUT2D eigenvalue weighted by atomic mass is 16.8. The van der Waals surface area contributed by atoms with Crippen LogP contribution in [0.4, 0.5) is 10.5 Å². The number of nitrogens with one attached hydrogen (secondary N) is 1. The van der Waals surface area contributed by atoms with Crippen LogP contribution in [0, 0.1) is 0 Å². The maximum atomic E-state index is 14.2. The molecule has 0 unspecified atom stereocenters. The summed E-state index contributed by atoms with van der Waals surface area (Å²) < 4.78 is 71.2. The van der Waals surface area contributed by atoms with Gasteiger partial charge in [-0.25, -0.2) is 19.2 Å². The van der Waals surface area contributed by atoms with E-state index in [1.807, 2.05) is 97.1 Å². The maximum Gasteiger partial charge on any atom is 0.411 e. The zero-order valence-corrected chi connectivity index (χ0v) is 42.6. The number of hydrogen-bond donors (Lipinski definition) is 1. The highest BCUT2D eigenvalue weighted by Crippen LogP contribution is 2.35. The molecule has 10 atom stereocenters. The molecule has 2 aliphatic rings. The molecule has 78 heavy (non-hydrogen) atoms. The number of amides is 1. The van der Waals surface area contributed by atoms with Crippen molar-refractivity contribution in [2.24, 2.45) is 0 Å². The predicted molar refractivity (Wildman–Crippen MR) is 284 cm³/mol. The van der Waals surface area contributed by atoms with Crippen molar-refractivity contribution in [1.29, 1.82) is 0 Å². The molecule has 0 bridgehead atoms. The summed E-state index contributed by atoms with van der Waals surface area (Å²) in [6, 6.07) is 62.0. The molecule has 402 valence electrons. The Kier molecular flexibility index (Phi) is 19.5. The standard InChI is InChI=1S/C62H59NO15/c1-68-60-56(78-59(66)47-33-19-7-20-34-47)54(77-58(65)46-31-17-6-18-32-46)52(76-57(64)45-29-15-5-16-30-45)50(74-60)40-72-61-55(71-39-44-27-13-4-14-28-44)53(70-38-43-25-11-3-12-26-43)51(69-37-42-23-9-2-10-24-42)49(75-61)41-73-62(67)63-48-35-21-8-22-36-48/h2-36,49-56,60-61H,37-41H2,1H3,(H,63,67)/t49-,50-,51-,52-,53+,54+,55-,56-,60+,61+/m1/s1. The lowest BCUT2D eigenvalue weighted by Gasteiger charge is -2.47. The van der Waals surface area contributed by atoms with Gasteiger partial charge in [0.1, 0.15) is 37.1 Å². The lowest BCUT2D eigenvalue weighted by atomic mass is 9.96. The van der Waals surface area contributed by atoms with Gasteiger partial charge < -0.3 is 52.1 Å². The van der Waals surface area contributed by atoms with Crippen molar-refractivity contribution in [2.75, 3.05) is 25.6 Å². The normalized spacial score (nSPS) is 22.8. The van der Waals surface area contributed by atoms with Crippen molar-refractivity contribution in [3.8, 4) is 0 Å². The topological polar surface area (TPSA) is 182 Å². The molecule has 0 spiro atoms. The Morgan fingerprint density at radius 1 is 0.385 bits per heavy atom. The van der Waals surface area contributed by atoms with E-state index in [-0.39, 0.29) is 43.1 Å². The van der Waals surface area contributed by atoms with Crippen LogP contribution < -0.4 is 5.32 Å². The number of benzene rings is 7. The quantitative estimate of drug-likeness (QED) is 0.0500. The summed E-state index contributed by atoms with van der Waals surface area (Å²) in [7, 11) is 1.33. The van der Waals surface area contributed by atoms with Crippen LogP contribution in [-0.2, 0) is 71.9 Å². The molecular formula is C62H59NO15. The SMILES string of the molecule is CO[C@H]1O[C@H](CO[C@H]2O[C@H](COC(=O)Nc3ccccc3)[C@@H](OCc3ccccc3)[C@H](OCc3ccccc3)[C@H]2OCc2ccccc2)[C@@H](OC(=O)c2ccccc2)[C@H](OC(=O)c2ccccc2)[C@H]1OC(=O)c1ccccc1. The molecule has 2 aliphatic heterocycles. The van der Waals surface area contributed by atoms with E-state index < -0.39 is 92.0 Å². The molecule has 0 radical (unpaired) electrons. The minimum absolute atomic E-state index is 0.0704. The number of ether oxygens (including phenoxy) is 11. The van der Waals surface area contributed by atoms with Gasteiger partial charge in [-0.15, -0.1) is 0 Å². The Morgan fingerprint density at radius 3 is 1.22 bits per heavy atom. The zero-order valence-electron chi connectivity index (χ0n) is 42.6. The van der Waals surface area contributed by atoms with E-state index in [4.69, 9.17) is 52.1 Å². The number of methoxy groups -OCH3 is 1. The van der Waals surface area contributed by atoms with E-state index in [0.717, 1.165) is 16.7 Å². The highest BCUT2D eigenvalue weighted by molar-refractivity contribution is 5.91. The molecule has 2 saturated heterocycles. The molecule has 2 heterocycles. The molecule has 16 nitrogen and oxygen atoms in total. The number of carbonyl (C=O) groups is 4. The van der Waals surface area contributed by atoms with Gasteiger partial charge in [0.15, 0.2) is 30.9 Å². The molecule has 9 rings (SSSR count). The first-order valence-electron chi connectivity index (χ1n) is 25.5. The third kappa shape index (κ3) is 14.9. The summed E-state index contributed by atoms with van der Waals surface area (Å²) in [5.41, 5.74) is 3.56. The van der Waals surface area contributed by atoms with Gasteiger partial charge in [0, 0.05) is 12.8 Å². The van der Waals surface area contributed by atoms with Gasteiger partial charge in [-0.1, -0.05) is 164 Å². The van der Waals surface area contributed by atoms with Crippen molar-refractivity contribution in [3.63, 3.8) is 0 Å². The van der Waals surface area contributed by atoms with E-state index in [9.17, 15) is 19.2 Å². The average molecular weight is 1060 g/mol. The van der Waals surface area contributed by atoms with Crippen LogP contribution in [-0.4, -0.2) is 106 Å². The minimum Gasteiger partial charge on any atom is -0.452 e. The second-order valence-corrected chi connectivity index (χ2v) is 18.2. The van der Waals surface area contributed by atoms with Gasteiger partial charge >= 0.3 is 24.0 Å². The average Bonchev–Trinajstić information content (AvgIpc) is 3.52. The smallest absolute Gasteiger partial charge is 0.411 e. The van der Waals surface area contributed by atoms with Crippen LogP contribution in [0.3, 0.4) is 0 Å². The van der Waals surface area contributed by atoms with Gasteiger partial charge in [0.2, 0.25) is 0 Å². The van der Waals surface area contributed by atoms with E-state index in [1.54, 1.807) is 115 Å². The van der Waals surface area contributed by atoms with E-state index >= 15 is 0 Å². The van der Waals surface area contributed by atoms with Crippen LogP contribution >= 0.6 is 0 Å². The summed E-state index contributed by atoms with van der Waals surface area (Å²) in [5, 5.41) is 2.75. The first-order chi connectivity index (χ1) is 38.3. The molecule has 16 heteroatoms. The minimum atomic E-state index is -1.57. The predicted octanol–water partition coefficient (Wildman–Crippen LogP) is 9.78. The second-order valence-electron chi connectivity index (χ2n) is 18.2. The number of esters is 3. The molecule has 7 aromatic carbocycles. The molecule has 0 aliphatic carbocycles. The first-order valence-corrected chi connectivity index (χ1v) is 25.5. The Hall–Kier alpha value is -8.06. The summed E-state index contributed by atoms with van der Waals surface area (Å²) in [4.78, 5) is 55.8. The van der Waals surface area contributed by atoms with E-state index in [2.05, 4.69) is 5.32 Å². The zero-order chi connectivity index (χ0) is 53.9. The summed E-state index contributed by atoms with van der Waals surface area (Å²) in [6.45, 7) is -0.507. The van der Waals surface area contributed by atoms with Crippen molar-refractivity contribution in [3.05, 3.63) is 246 Å². The molecule has 1 amide bonds. The molecule has 2 fully saturated rings. The maximum absolute atomic E-state index is 14.2. The fourth-order valence-electron chi connectivity index (χ4n) is 8.94. The number of para-hydroxylation sites is 1. The fourth-order valence-corrected chi connectivity index (χ4v) is 8.94. The molecule has 1 N–H and O–H groups in total. The number of hydrogen-bond acceptors (Lipinski definition) is 15. The monoisotopic (exact) mass is 1060 g/mol. The summed E-state index contributed by atoms with van der Waals surface area (Å²) >= 11 is 0. The van der Waals surface area contributed by atoms with Crippen LogP contribution in [0.15, 0.2) is 212 Å². The van der Waals surface area contributed by atoms with Gasteiger partial charge in [-0.3, -0.25) is 5.32 Å². The van der Waals surface area contributed by atoms with Gasteiger partial charge in [-0.2, -0.15) is 0 Å². The summed E-state index contributed by atoms with van der Waals surface area (Å²) in [5.74, 6) is -2.42. The molecular weight excluding hydrogens is 999 g/mol. The second kappa shape index (κ2) is 27.8. The van der Waals surface area contributed by atoms with Gasteiger partial charge in [-0.05, 0) is 65.2 Å². The van der Waals surface area contributed by atoms with Crippen LogP contribution in [0.2, 0.25) is 0 Å². The summed E-state index contributed by atoms with van der Waals surface area (Å²) in [6.07, 6.45) is -13.5.